The molecule has 1 aliphatic heterocycles. The number of ketones is 1. The van der Waals surface area contributed by atoms with Gasteiger partial charge in [-0.25, -0.2) is 0 Å². The van der Waals surface area contributed by atoms with Gasteiger partial charge in [-0.2, -0.15) is 0 Å². The van der Waals surface area contributed by atoms with Crippen LogP contribution in [0.3, 0.4) is 0 Å². The van der Waals surface area contributed by atoms with E-state index in [0.29, 0.717) is 12.0 Å². The Morgan fingerprint density at radius 2 is 1.94 bits per heavy atom. The third kappa shape index (κ3) is 8.49. The number of fused-ring (bicyclic) bond motifs is 1. The third-order valence-corrected chi connectivity index (χ3v) is 6.15. The molecule has 0 aromatic rings. The van der Waals surface area contributed by atoms with E-state index in [4.69, 9.17) is 9.47 Å². The minimum Gasteiger partial charge on any atom is -0.461 e. The molecule has 7 heteroatoms. The molecule has 0 spiro atoms. The lowest BCUT2D eigenvalue weighted by Crippen LogP contribution is -2.38. The first-order chi connectivity index (χ1) is 15.3. The third-order valence-electron chi connectivity index (χ3n) is 6.15. The molecule has 33 heavy (non-hydrogen) atoms. The second-order valence-corrected chi connectivity index (χ2v) is 10.2. The van der Waals surface area contributed by atoms with E-state index >= 15 is 0 Å². The second kappa shape index (κ2) is 11.6. The van der Waals surface area contributed by atoms with Crippen molar-refractivity contribution in [3.05, 3.63) is 34.9 Å². The predicted molar refractivity (Wildman–Crippen MR) is 125 cm³/mol. The number of carbonyl (C=O) groups is 2. The maximum absolute atomic E-state index is 12.7. The van der Waals surface area contributed by atoms with Crippen LogP contribution in [0.25, 0.3) is 0 Å². The summed E-state index contributed by atoms with van der Waals surface area (Å²) in [5.74, 6) is -0.801. The van der Waals surface area contributed by atoms with Crippen molar-refractivity contribution in [1.82, 2.24) is 0 Å². The van der Waals surface area contributed by atoms with E-state index in [9.17, 15) is 24.9 Å². The van der Waals surface area contributed by atoms with Crippen LogP contribution in [0.2, 0.25) is 0 Å². The van der Waals surface area contributed by atoms with Crippen molar-refractivity contribution in [3.63, 3.8) is 0 Å². The largest absolute Gasteiger partial charge is 0.461 e. The number of ether oxygens (including phenoxy) is 2. The van der Waals surface area contributed by atoms with Crippen LogP contribution in [-0.4, -0.2) is 63.2 Å². The molecule has 4 unspecified atom stereocenters. The highest BCUT2D eigenvalue weighted by Gasteiger charge is 2.66. The lowest BCUT2D eigenvalue weighted by molar-refractivity contribution is -0.145. The summed E-state index contributed by atoms with van der Waals surface area (Å²) in [6.07, 6.45) is 7.89. The molecule has 2 rings (SSSR count). The van der Waals surface area contributed by atoms with Crippen molar-refractivity contribution in [2.45, 2.75) is 109 Å². The first-order valence-electron chi connectivity index (χ1n) is 11.8. The highest BCUT2D eigenvalue weighted by atomic mass is 16.6. The molecule has 1 fully saturated rings. The van der Waals surface area contributed by atoms with Gasteiger partial charge in [0, 0.05) is 12.0 Å². The fourth-order valence-electron chi connectivity index (χ4n) is 4.01. The Labute approximate surface area is 197 Å². The molecule has 186 valence electrons. The van der Waals surface area contributed by atoms with E-state index in [2.05, 4.69) is 13.0 Å². The zero-order valence-electron chi connectivity index (χ0n) is 20.6. The summed E-state index contributed by atoms with van der Waals surface area (Å²) in [4.78, 5) is 24.3. The minimum atomic E-state index is -1.02. The molecule has 7 nitrogen and oxygen atoms in total. The van der Waals surface area contributed by atoms with Crippen molar-refractivity contribution in [2.75, 3.05) is 6.61 Å². The first-order valence-corrected chi connectivity index (χ1v) is 11.8. The normalized spacial score (nSPS) is 26.5. The van der Waals surface area contributed by atoms with Crippen LogP contribution in [-0.2, 0) is 19.1 Å². The average molecular weight is 465 g/mol. The van der Waals surface area contributed by atoms with Gasteiger partial charge in [0.25, 0.3) is 0 Å². The average Bonchev–Trinajstić information content (AvgIpc) is 3.43. The number of epoxide rings is 1. The van der Waals surface area contributed by atoms with Crippen molar-refractivity contribution in [1.29, 1.82) is 0 Å². The Kier molecular flexibility index (Phi) is 9.61. The second-order valence-electron chi connectivity index (χ2n) is 10.2. The summed E-state index contributed by atoms with van der Waals surface area (Å²) >= 11 is 0. The molecular weight excluding hydrogens is 424 g/mol. The zero-order chi connectivity index (χ0) is 24.8. The fraction of sp³-hybridized carbons (Fsp3) is 0.692. The van der Waals surface area contributed by atoms with Crippen molar-refractivity contribution in [2.24, 2.45) is 0 Å². The van der Waals surface area contributed by atoms with Crippen LogP contribution in [0.4, 0.5) is 0 Å². The number of aliphatic hydroxyl groups excluding tert-OH is 2. The van der Waals surface area contributed by atoms with Crippen molar-refractivity contribution < 1.29 is 34.4 Å². The predicted octanol–water partition coefficient (Wildman–Crippen LogP) is 3.31. The van der Waals surface area contributed by atoms with E-state index in [-0.39, 0.29) is 18.8 Å². The quantitative estimate of drug-likeness (QED) is 0.217. The van der Waals surface area contributed by atoms with E-state index < -0.39 is 35.5 Å². The van der Waals surface area contributed by atoms with Crippen molar-refractivity contribution >= 4 is 11.8 Å². The van der Waals surface area contributed by atoms with Gasteiger partial charge >= 0.3 is 5.97 Å². The summed E-state index contributed by atoms with van der Waals surface area (Å²) in [5, 5.41) is 29.5. The Morgan fingerprint density at radius 1 is 1.27 bits per heavy atom. The number of esters is 1. The summed E-state index contributed by atoms with van der Waals surface area (Å²) in [7, 11) is 0. The molecule has 2 aliphatic rings. The van der Waals surface area contributed by atoms with Gasteiger partial charge in [-0.05, 0) is 72.8 Å². The van der Waals surface area contributed by atoms with Gasteiger partial charge < -0.3 is 24.8 Å². The molecular formula is C26H40O7. The Hall–Kier alpha value is -1.80. The minimum absolute atomic E-state index is 0.138. The Balaban J connectivity index is 1.81. The van der Waals surface area contributed by atoms with E-state index in [0.717, 1.165) is 37.7 Å². The van der Waals surface area contributed by atoms with E-state index in [1.165, 1.54) is 18.6 Å². The number of hydrogen-bond acceptors (Lipinski definition) is 7. The van der Waals surface area contributed by atoms with Crippen LogP contribution in [0.5, 0.6) is 0 Å². The van der Waals surface area contributed by atoms with Crippen LogP contribution in [0.15, 0.2) is 34.9 Å². The monoisotopic (exact) mass is 464 g/mol. The highest BCUT2D eigenvalue weighted by Crippen LogP contribution is 2.48. The molecule has 1 saturated heterocycles. The van der Waals surface area contributed by atoms with Gasteiger partial charge in [-0.1, -0.05) is 23.3 Å². The lowest BCUT2D eigenvalue weighted by Gasteiger charge is -2.20. The first kappa shape index (κ1) is 27.4. The van der Waals surface area contributed by atoms with Crippen LogP contribution < -0.4 is 0 Å². The molecule has 1 heterocycles. The van der Waals surface area contributed by atoms with Gasteiger partial charge in [-0.15, -0.1) is 0 Å². The summed E-state index contributed by atoms with van der Waals surface area (Å²) in [6, 6.07) is 0. The molecule has 3 N–H and O–H groups in total. The Bertz CT molecular complexity index is 800. The molecule has 0 aromatic carbocycles. The zero-order valence-corrected chi connectivity index (χ0v) is 20.6. The van der Waals surface area contributed by atoms with Crippen LogP contribution >= 0.6 is 0 Å². The lowest BCUT2D eigenvalue weighted by atomic mass is 9.84. The number of allylic oxidation sites excluding steroid dienone is 3. The topological polar surface area (TPSA) is 117 Å². The van der Waals surface area contributed by atoms with Gasteiger partial charge in [0.2, 0.25) is 0 Å². The molecule has 4 atom stereocenters. The van der Waals surface area contributed by atoms with Crippen molar-refractivity contribution in [3.8, 4) is 0 Å². The molecule has 1 aliphatic carbocycles. The molecule has 0 radical (unpaired) electrons. The van der Waals surface area contributed by atoms with E-state index in [1.54, 1.807) is 0 Å². The molecule has 0 amide bonds. The highest BCUT2D eigenvalue weighted by molar-refractivity contribution is 6.02. The number of rotatable bonds is 13. The van der Waals surface area contributed by atoms with E-state index in [1.807, 2.05) is 26.8 Å². The van der Waals surface area contributed by atoms with Crippen LogP contribution in [0.1, 0.15) is 79.6 Å². The van der Waals surface area contributed by atoms with Crippen LogP contribution in [0, 0.1) is 0 Å². The number of aliphatic hydroxyl groups is 3. The fourth-order valence-corrected chi connectivity index (χ4v) is 4.01. The maximum Gasteiger partial charge on any atom is 0.308 e. The maximum atomic E-state index is 12.7. The summed E-state index contributed by atoms with van der Waals surface area (Å²) < 4.78 is 10.7. The summed E-state index contributed by atoms with van der Waals surface area (Å²) in [5.41, 5.74) is 1.15. The molecule has 0 bridgehead atoms. The van der Waals surface area contributed by atoms with Gasteiger partial charge in [0.1, 0.15) is 18.8 Å². The SMILES string of the molecule is C/C(=C\CC12OC1C(O)C(COC(=O)CC(C)O)=CC2=O)CC/C=C(\C)CCCC(C)(C)O. The smallest absolute Gasteiger partial charge is 0.308 e. The Morgan fingerprint density at radius 3 is 2.58 bits per heavy atom. The van der Waals surface area contributed by atoms with Gasteiger partial charge in [-0.3, -0.25) is 9.59 Å². The summed E-state index contributed by atoms with van der Waals surface area (Å²) in [6.45, 7) is 9.09. The molecule has 0 saturated carbocycles. The van der Waals surface area contributed by atoms with Gasteiger partial charge in [0.05, 0.1) is 18.1 Å². The standard InChI is InChI=1S/C26H40O7/c1-17(10-7-12-25(4,5)31)8-6-9-18(2)11-13-26-21(28)15-20(23(30)24(26)33-26)16-32-22(29)14-19(3)27/h8,11,15,19,23-24,27,30-31H,6-7,9-10,12-14,16H2,1-5H3/b17-8+,18-11+. The number of carbonyl (C=O) groups excluding carboxylic acids is 2. The van der Waals surface area contributed by atoms with Gasteiger partial charge in [0.15, 0.2) is 11.4 Å². The molecule has 0 aromatic heterocycles. The number of hydrogen-bond donors (Lipinski definition) is 3.